The number of ether oxygens (including phenoxy) is 2. The van der Waals surface area contributed by atoms with Crippen LogP contribution >= 0.6 is 27.7 Å². The Kier molecular flexibility index (Phi) is 6.53. The number of anilines is 1. The number of fused-ring (bicyclic) bond motifs is 3. The quantitative estimate of drug-likeness (QED) is 0.209. The summed E-state index contributed by atoms with van der Waals surface area (Å²) in [5, 5.41) is 12.5. The molecule has 0 fully saturated rings. The van der Waals surface area contributed by atoms with Gasteiger partial charge in [-0.3, -0.25) is 4.79 Å². The Morgan fingerprint density at radius 1 is 1.29 bits per heavy atom. The summed E-state index contributed by atoms with van der Waals surface area (Å²) < 4.78 is 12.4. The highest BCUT2D eigenvalue weighted by molar-refractivity contribution is 9.10. The second-order valence-corrected chi connectivity index (χ2v) is 8.48. The van der Waals surface area contributed by atoms with E-state index in [4.69, 9.17) is 9.47 Å². The van der Waals surface area contributed by atoms with Crippen molar-refractivity contribution >= 4 is 39.3 Å². The molecule has 0 saturated heterocycles. The largest absolute Gasteiger partial charge is 0.448 e. The number of hydrogen-bond donors (Lipinski definition) is 1. The van der Waals surface area contributed by atoms with Crippen LogP contribution in [0.4, 0.5) is 5.69 Å². The molecule has 0 amide bonds. The van der Waals surface area contributed by atoms with Crippen molar-refractivity contribution in [1.82, 2.24) is 15.2 Å². The van der Waals surface area contributed by atoms with E-state index in [9.17, 15) is 4.79 Å². The molecule has 0 bridgehead atoms. The van der Waals surface area contributed by atoms with Crippen LogP contribution in [0.15, 0.2) is 64.7 Å². The number of rotatable bonds is 6. The lowest BCUT2D eigenvalue weighted by Gasteiger charge is -2.19. The summed E-state index contributed by atoms with van der Waals surface area (Å²) in [7, 11) is 0. The molecule has 1 atom stereocenters. The number of nitrogens with zero attached hydrogens (tertiary/aromatic N) is 3. The van der Waals surface area contributed by atoms with Crippen LogP contribution in [-0.4, -0.2) is 26.9 Å². The summed E-state index contributed by atoms with van der Waals surface area (Å²) in [5.41, 5.74) is 3.08. The number of esters is 1. The first-order chi connectivity index (χ1) is 15.1. The Balaban J connectivity index is 1.71. The van der Waals surface area contributed by atoms with Gasteiger partial charge in [0.2, 0.25) is 11.0 Å². The minimum absolute atomic E-state index is 0.280. The van der Waals surface area contributed by atoms with Gasteiger partial charge in [0.15, 0.2) is 11.9 Å². The Hall–Kier alpha value is -2.91. The molecule has 1 aromatic heterocycles. The van der Waals surface area contributed by atoms with Crippen molar-refractivity contribution in [2.45, 2.75) is 24.7 Å². The van der Waals surface area contributed by atoms with Gasteiger partial charge >= 0.3 is 5.97 Å². The molecule has 3 aromatic rings. The first-order valence-electron chi connectivity index (χ1n) is 9.59. The molecule has 0 spiro atoms. The fourth-order valence-electron chi connectivity index (χ4n) is 2.93. The number of halogens is 1. The molecule has 31 heavy (non-hydrogen) atoms. The zero-order valence-electron chi connectivity index (χ0n) is 16.7. The van der Waals surface area contributed by atoms with Crippen molar-refractivity contribution in [3.63, 3.8) is 0 Å². The minimum Gasteiger partial charge on any atom is -0.448 e. The summed E-state index contributed by atoms with van der Waals surface area (Å²) in [6, 6.07) is 13.0. The molecular formula is C22H19BrN4O3S. The number of hydrogen-bond acceptors (Lipinski definition) is 8. The molecule has 1 N–H and O–H groups in total. The molecule has 2 aromatic carbocycles. The van der Waals surface area contributed by atoms with Gasteiger partial charge in [-0.25, -0.2) is 0 Å². The number of benzene rings is 2. The maximum Gasteiger partial charge on any atom is 0.310 e. The molecule has 0 radical (unpaired) electrons. The molecule has 7 nitrogen and oxygen atoms in total. The average molecular weight is 499 g/mol. The lowest BCUT2D eigenvalue weighted by atomic mass is 10.1. The zero-order valence-corrected chi connectivity index (χ0v) is 19.1. The molecule has 9 heteroatoms. The number of thioether (sulfide) groups is 1. The monoisotopic (exact) mass is 498 g/mol. The summed E-state index contributed by atoms with van der Waals surface area (Å²) in [4.78, 5) is 16.1. The molecule has 1 aliphatic rings. The van der Waals surface area contributed by atoms with Gasteiger partial charge in [0.25, 0.3) is 0 Å². The standard InChI is InChI=1S/C22H19BrN4O3S/c1-3-11-31-22-25-21-19(26-27-22)16-12-14(23)7-10-17(16)24-20(30-21)13-5-8-15(9-6-13)29-18(28)4-2/h3,5-10,12,20,24H,1,4,11H2,2H3/t20-/m1/s1. The summed E-state index contributed by atoms with van der Waals surface area (Å²) in [5.74, 6) is 1.26. The van der Waals surface area contributed by atoms with Crippen molar-refractivity contribution in [3.05, 3.63) is 65.2 Å². The highest BCUT2D eigenvalue weighted by Crippen LogP contribution is 2.41. The number of carbonyl (C=O) groups excluding carboxylic acids is 1. The lowest BCUT2D eigenvalue weighted by molar-refractivity contribution is -0.134. The first kappa shape index (κ1) is 21.3. The fourth-order valence-corrected chi connectivity index (χ4v) is 3.80. The molecule has 2 heterocycles. The minimum atomic E-state index is -0.522. The van der Waals surface area contributed by atoms with Crippen LogP contribution in [-0.2, 0) is 4.79 Å². The maximum absolute atomic E-state index is 11.5. The van der Waals surface area contributed by atoms with E-state index in [1.54, 1.807) is 25.1 Å². The van der Waals surface area contributed by atoms with Crippen LogP contribution < -0.4 is 14.8 Å². The molecule has 0 unspecified atom stereocenters. The van der Waals surface area contributed by atoms with Gasteiger partial charge in [-0.15, -0.1) is 16.8 Å². The third-order valence-corrected chi connectivity index (χ3v) is 5.75. The van der Waals surface area contributed by atoms with E-state index in [0.29, 0.717) is 34.7 Å². The van der Waals surface area contributed by atoms with E-state index in [1.165, 1.54) is 11.8 Å². The smallest absolute Gasteiger partial charge is 0.310 e. The van der Waals surface area contributed by atoms with Crippen LogP contribution in [0.25, 0.3) is 11.3 Å². The number of nitrogens with one attached hydrogen (secondary N) is 1. The Labute approximate surface area is 192 Å². The Bertz CT molecular complexity index is 1120. The topological polar surface area (TPSA) is 86.2 Å². The first-order valence-corrected chi connectivity index (χ1v) is 11.4. The Morgan fingerprint density at radius 2 is 2.10 bits per heavy atom. The van der Waals surface area contributed by atoms with Gasteiger partial charge < -0.3 is 14.8 Å². The van der Waals surface area contributed by atoms with Crippen molar-refractivity contribution in [2.24, 2.45) is 0 Å². The predicted octanol–water partition coefficient (Wildman–Crippen LogP) is 5.40. The van der Waals surface area contributed by atoms with E-state index in [-0.39, 0.29) is 5.97 Å². The van der Waals surface area contributed by atoms with E-state index < -0.39 is 6.23 Å². The van der Waals surface area contributed by atoms with E-state index in [1.807, 2.05) is 30.3 Å². The maximum atomic E-state index is 11.5. The highest BCUT2D eigenvalue weighted by atomic mass is 79.9. The van der Waals surface area contributed by atoms with Gasteiger partial charge in [0.1, 0.15) is 5.75 Å². The lowest BCUT2D eigenvalue weighted by Crippen LogP contribution is -2.17. The molecule has 158 valence electrons. The molecule has 0 aliphatic carbocycles. The molecule has 4 rings (SSSR count). The Morgan fingerprint density at radius 3 is 2.84 bits per heavy atom. The fraction of sp³-hybridized carbons (Fsp3) is 0.182. The average Bonchev–Trinajstić information content (AvgIpc) is 2.94. The third-order valence-electron chi connectivity index (χ3n) is 4.42. The SMILES string of the molecule is C=CCSc1nnc2c(n1)O[C@H](c1ccc(OC(=O)CC)cc1)Nc1ccc(Br)cc1-2. The van der Waals surface area contributed by atoms with Gasteiger partial charge in [-0.05, 0) is 42.5 Å². The van der Waals surface area contributed by atoms with E-state index >= 15 is 0 Å². The van der Waals surface area contributed by atoms with Gasteiger partial charge in [0.05, 0.1) is 0 Å². The van der Waals surface area contributed by atoms with E-state index in [2.05, 4.69) is 43.0 Å². The number of aromatic nitrogens is 3. The van der Waals surface area contributed by atoms with Crippen LogP contribution in [0, 0.1) is 0 Å². The normalized spacial score (nSPS) is 14.3. The molecule has 0 saturated carbocycles. The van der Waals surface area contributed by atoms with Crippen LogP contribution in [0.2, 0.25) is 0 Å². The van der Waals surface area contributed by atoms with Crippen molar-refractivity contribution in [1.29, 1.82) is 0 Å². The second kappa shape index (κ2) is 9.49. The zero-order chi connectivity index (χ0) is 21.8. The molecule has 1 aliphatic heterocycles. The summed E-state index contributed by atoms with van der Waals surface area (Å²) in [6.45, 7) is 5.48. The summed E-state index contributed by atoms with van der Waals surface area (Å²) in [6.07, 6.45) is 1.58. The van der Waals surface area contributed by atoms with Crippen LogP contribution in [0.3, 0.4) is 0 Å². The van der Waals surface area contributed by atoms with E-state index in [0.717, 1.165) is 21.3 Å². The van der Waals surface area contributed by atoms with Crippen molar-refractivity contribution in [2.75, 3.05) is 11.1 Å². The number of carbonyl (C=O) groups is 1. The summed E-state index contributed by atoms with van der Waals surface area (Å²) >= 11 is 4.95. The third kappa shape index (κ3) is 4.88. The second-order valence-electron chi connectivity index (χ2n) is 6.58. The highest BCUT2D eigenvalue weighted by Gasteiger charge is 2.26. The molecular weight excluding hydrogens is 480 g/mol. The van der Waals surface area contributed by atoms with Crippen molar-refractivity contribution < 1.29 is 14.3 Å². The van der Waals surface area contributed by atoms with Gasteiger partial charge in [-0.2, -0.15) is 4.98 Å². The van der Waals surface area contributed by atoms with Gasteiger partial charge in [-0.1, -0.05) is 40.7 Å². The van der Waals surface area contributed by atoms with Gasteiger partial charge in [0, 0.05) is 33.5 Å². The van der Waals surface area contributed by atoms with Crippen LogP contribution in [0.5, 0.6) is 11.6 Å². The van der Waals surface area contributed by atoms with Crippen LogP contribution in [0.1, 0.15) is 25.1 Å². The van der Waals surface area contributed by atoms with Crippen molar-refractivity contribution in [3.8, 4) is 22.9 Å². The predicted molar refractivity (Wildman–Crippen MR) is 123 cm³/mol.